The highest BCUT2D eigenvalue weighted by atomic mass is 16.5. The second kappa shape index (κ2) is 9.46. The third-order valence-electron chi connectivity index (χ3n) is 4.99. The fraction of sp³-hybridized carbons (Fsp3) is 0.667. The minimum atomic E-state index is 0.0788. The van der Waals surface area contributed by atoms with E-state index in [4.69, 9.17) is 4.74 Å². The van der Waals surface area contributed by atoms with Gasteiger partial charge in [-0.2, -0.15) is 0 Å². The number of hydrogen-bond donors (Lipinski definition) is 0. The van der Waals surface area contributed by atoms with E-state index in [0.29, 0.717) is 6.42 Å². The van der Waals surface area contributed by atoms with Gasteiger partial charge in [0.1, 0.15) is 0 Å². The Balaban J connectivity index is 1.76. The first-order valence-corrected chi connectivity index (χ1v) is 9.47. The van der Waals surface area contributed by atoms with E-state index in [1.165, 1.54) is 5.56 Å². The van der Waals surface area contributed by atoms with E-state index in [1.807, 2.05) is 12.1 Å². The van der Waals surface area contributed by atoms with Crippen molar-refractivity contribution in [1.82, 2.24) is 9.80 Å². The molecule has 1 fully saturated rings. The Morgan fingerprint density at radius 3 is 2.32 bits per heavy atom. The summed E-state index contributed by atoms with van der Waals surface area (Å²) in [6.45, 7) is 13.7. The van der Waals surface area contributed by atoms with Crippen LogP contribution in [-0.4, -0.2) is 68.6 Å². The Morgan fingerprint density at radius 2 is 1.72 bits per heavy atom. The normalized spacial score (nSPS) is 17.0. The maximum Gasteiger partial charge on any atom is 0.164 e. The molecule has 1 aromatic rings. The van der Waals surface area contributed by atoms with Crippen LogP contribution in [0.5, 0.6) is 0 Å². The Morgan fingerprint density at radius 1 is 1.08 bits per heavy atom. The van der Waals surface area contributed by atoms with Gasteiger partial charge in [-0.15, -0.1) is 0 Å². The van der Waals surface area contributed by atoms with E-state index in [0.717, 1.165) is 57.9 Å². The standard InChI is InChI=1S/C21H34N2O2/c1-21(2,3)19-8-5-7-18(17-19)20(24)9-11-23-14-12-22(13-15-23)10-6-16-25-4/h5,7-8,17H,6,9-16H2,1-4H3. The van der Waals surface area contributed by atoms with Gasteiger partial charge in [-0.05, 0) is 23.5 Å². The number of carbonyl (C=O) groups excluding carboxylic acids is 1. The molecule has 1 saturated heterocycles. The molecular formula is C21H34N2O2. The van der Waals surface area contributed by atoms with Crippen LogP contribution < -0.4 is 0 Å². The molecule has 1 aliphatic rings. The zero-order valence-electron chi connectivity index (χ0n) is 16.4. The Kier molecular flexibility index (Phi) is 7.60. The summed E-state index contributed by atoms with van der Waals surface area (Å²) in [6, 6.07) is 8.13. The van der Waals surface area contributed by atoms with Crippen LogP contribution in [0.1, 0.15) is 49.5 Å². The molecule has 140 valence electrons. The summed E-state index contributed by atoms with van der Waals surface area (Å²) in [5, 5.41) is 0. The predicted molar refractivity (Wildman–Crippen MR) is 103 cm³/mol. The third kappa shape index (κ3) is 6.53. The molecule has 0 radical (unpaired) electrons. The van der Waals surface area contributed by atoms with Crippen LogP contribution in [0.25, 0.3) is 0 Å². The van der Waals surface area contributed by atoms with Crippen molar-refractivity contribution in [2.75, 3.05) is 53.0 Å². The first-order valence-electron chi connectivity index (χ1n) is 9.47. The van der Waals surface area contributed by atoms with Gasteiger partial charge >= 0.3 is 0 Å². The summed E-state index contributed by atoms with van der Waals surface area (Å²) in [4.78, 5) is 17.5. The first kappa shape index (κ1) is 20.1. The van der Waals surface area contributed by atoms with Gasteiger partial charge in [0.05, 0.1) is 0 Å². The first-order chi connectivity index (χ1) is 11.9. The van der Waals surface area contributed by atoms with E-state index < -0.39 is 0 Å². The van der Waals surface area contributed by atoms with Crippen molar-refractivity contribution in [3.05, 3.63) is 35.4 Å². The molecule has 0 unspecified atom stereocenters. The molecule has 4 nitrogen and oxygen atoms in total. The maximum absolute atomic E-state index is 12.6. The number of benzene rings is 1. The summed E-state index contributed by atoms with van der Waals surface area (Å²) in [5.74, 6) is 0.258. The molecule has 1 aromatic carbocycles. The number of Topliss-reactive ketones (excluding diaryl/α,β-unsaturated/α-hetero) is 1. The number of methoxy groups -OCH3 is 1. The largest absolute Gasteiger partial charge is 0.385 e. The fourth-order valence-electron chi connectivity index (χ4n) is 3.23. The molecule has 1 aliphatic heterocycles. The molecule has 1 heterocycles. The van der Waals surface area contributed by atoms with Crippen LogP contribution in [-0.2, 0) is 10.2 Å². The minimum absolute atomic E-state index is 0.0788. The van der Waals surface area contributed by atoms with Crippen molar-refractivity contribution < 1.29 is 9.53 Å². The average molecular weight is 347 g/mol. The summed E-state index contributed by atoms with van der Waals surface area (Å²) in [6.07, 6.45) is 1.70. The second-order valence-electron chi connectivity index (χ2n) is 8.03. The lowest BCUT2D eigenvalue weighted by Crippen LogP contribution is -2.47. The molecular weight excluding hydrogens is 312 g/mol. The highest BCUT2D eigenvalue weighted by molar-refractivity contribution is 5.96. The Hall–Kier alpha value is -1.23. The van der Waals surface area contributed by atoms with Crippen LogP contribution in [0.2, 0.25) is 0 Å². The number of ketones is 1. The molecule has 4 heteroatoms. The van der Waals surface area contributed by atoms with E-state index in [2.05, 4.69) is 42.7 Å². The molecule has 0 aliphatic carbocycles. The van der Waals surface area contributed by atoms with Gasteiger partial charge in [0.25, 0.3) is 0 Å². The smallest absolute Gasteiger partial charge is 0.164 e. The SMILES string of the molecule is COCCCN1CCN(CCC(=O)c2cccc(C(C)(C)C)c2)CC1. The number of ether oxygens (including phenoxy) is 1. The number of nitrogens with zero attached hydrogens (tertiary/aromatic N) is 2. The molecule has 0 amide bonds. The Bertz CT molecular complexity index is 543. The van der Waals surface area contributed by atoms with Crippen LogP contribution in [0.15, 0.2) is 24.3 Å². The topological polar surface area (TPSA) is 32.8 Å². The van der Waals surface area contributed by atoms with Gasteiger partial charge in [-0.25, -0.2) is 0 Å². The quantitative estimate of drug-likeness (QED) is 0.534. The van der Waals surface area contributed by atoms with Gasteiger partial charge in [0.2, 0.25) is 0 Å². The van der Waals surface area contributed by atoms with E-state index in [9.17, 15) is 4.79 Å². The lowest BCUT2D eigenvalue weighted by atomic mass is 9.85. The van der Waals surface area contributed by atoms with Gasteiger partial charge in [-0.1, -0.05) is 39.0 Å². The van der Waals surface area contributed by atoms with Crippen molar-refractivity contribution in [3.8, 4) is 0 Å². The number of piperazine rings is 1. The van der Waals surface area contributed by atoms with Crippen molar-refractivity contribution in [1.29, 1.82) is 0 Å². The van der Waals surface area contributed by atoms with Crippen molar-refractivity contribution in [3.63, 3.8) is 0 Å². The van der Waals surface area contributed by atoms with Gasteiger partial charge in [-0.3, -0.25) is 4.79 Å². The molecule has 0 bridgehead atoms. The van der Waals surface area contributed by atoms with Gasteiger partial charge < -0.3 is 14.5 Å². The van der Waals surface area contributed by atoms with E-state index in [1.54, 1.807) is 7.11 Å². The third-order valence-corrected chi connectivity index (χ3v) is 4.99. The molecule has 0 N–H and O–H groups in total. The lowest BCUT2D eigenvalue weighted by Gasteiger charge is -2.34. The predicted octanol–water partition coefficient (Wildman–Crippen LogP) is 3.21. The Labute approximate surface area is 153 Å². The van der Waals surface area contributed by atoms with Crippen LogP contribution in [0.4, 0.5) is 0 Å². The number of rotatable bonds is 8. The van der Waals surface area contributed by atoms with Crippen molar-refractivity contribution in [2.24, 2.45) is 0 Å². The zero-order valence-corrected chi connectivity index (χ0v) is 16.4. The molecule has 0 aromatic heterocycles. The lowest BCUT2D eigenvalue weighted by molar-refractivity contribution is 0.0915. The summed E-state index contributed by atoms with van der Waals surface area (Å²) >= 11 is 0. The van der Waals surface area contributed by atoms with E-state index in [-0.39, 0.29) is 11.2 Å². The summed E-state index contributed by atoms with van der Waals surface area (Å²) < 4.78 is 5.12. The van der Waals surface area contributed by atoms with E-state index >= 15 is 0 Å². The highest BCUT2D eigenvalue weighted by Crippen LogP contribution is 2.23. The minimum Gasteiger partial charge on any atom is -0.385 e. The van der Waals surface area contributed by atoms with Crippen LogP contribution >= 0.6 is 0 Å². The second-order valence-corrected chi connectivity index (χ2v) is 8.03. The van der Waals surface area contributed by atoms with Gasteiger partial charge in [0.15, 0.2) is 5.78 Å². The summed E-state index contributed by atoms with van der Waals surface area (Å²) in [5.41, 5.74) is 2.16. The average Bonchev–Trinajstić information content (AvgIpc) is 2.60. The highest BCUT2D eigenvalue weighted by Gasteiger charge is 2.19. The molecule has 0 atom stereocenters. The molecule has 0 spiro atoms. The molecule has 0 saturated carbocycles. The van der Waals surface area contributed by atoms with Crippen LogP contribution in [0, 0.1) is 0 Å². The number of hydrogen-bond acceptors (Lipinski definition) is 4. The fourth-order valence-corrected chi connectivity index (χ4v) is 3.23. The van der Waals surface area contributed by atoms with Gasteiger partial charge in [0, 0.05) is 65.0 Å². The molecule has 25 heavy (non-hydrogen) atoms. The number of carbonyl (C=O) groups is 1. The monoisotopic (exact) mass is 346 g/mol. The van der Waals surface area contributed by atoms with Crippen molar-refractivity contribution in [2.45, 2.75) is 39.0 Å². The summed E-state index contributed by atoms with van der Waals surface area (Å²) in [7, 11) is 1.76. The molecule has 2 rings (SSSR count). The van der Waals surface area contributed by atoms with Crippen molar-refractivity contribution >= 4 is 5.78 Å². The maximum atomic E-state index is 12.6. The van der Waals surface area contributed by atoms with Crippen LogP contribution in [0.3, 0.4) is 0 Å². The zero-order chi connectivity index (χ0) is 18.3.